The zero-order chi connectivity index (χ0) is 21.3. The summed E-state index contributed by atoms with van der Waals surface area (Å²) in [4.78, 5) is 10.3. The fourth-order valence-electron chi connectivity index (χ4n) is 3.27. The Morgan fingerprint density at radius 3 is 1.39 bits per heavy atom. The van der Waals surface area contributed by atoms with E-state index in [2.05, 4.69) is 26.5 Å². The van der Waals surface area contributed by atoms with Crippen LogP contribution < -0.4 is 0 Å². The number of thiol groups is 1. The average Bonchev–Trinajstić information content (AvgIpc) is 2.65. The molecule has 0 aliphatic rings. The van der Waals surface area contributed by atoms with Crippen LogP contribution in [0, 0.1) is 0 Å². The van der Waals surface area contributed by atoms with E-state index >= 15 is 0 Å². The molecule has 1 unspecified atom stereocenters. The van der Waals surface area contributed by atoms with Crippen molar-refractivity contribution in [3.63, 3.8) is 0 Å². The van der Waals surface area contributed by atoms with Crippen molar-refractivity contribution in [3.8, 4) is 0 Å². The van der Waals surface area contributed by atoms with Crippen LogP contribution in [0.2, 0.25) is 0 Å². The summed E-state index contributed by atoms with van der Waals surface area (Å²) in [5.41, 5.74) is 0. The average molecular weight is 419 g/mol. The van der Waals surface area contributed by atoms with Crippen molar-refractivity contribution in [2.45, 2.75) is 142 Å². The lowest BCUT2D eigenvalue weighted by molar-refractivity contribution is -0.137. The monoisotopic (exact) mass is 418 g/mol. The third kappa shape index (κ3) is 30.5. The zero-order valence-electron chi connectivity index (χ0n) is 19.0. The third-order valence-corrected chi connectivity index (χ3v) is 5.34. The summed E-state index contributed by atoms with van der Waals surface area (Å²) in [5, 5.41) is 17.5. The fourth-order valence-corrected chi connectivity index (χ4v) is 3.57. The number of unbranched alkanes of at least 4 members (excludes halogenated alkanes) is 14. The maximum atomic E-state index is 10.3. The Morgan fingerprint density at radius 1 is 0.679 bits per heavy atom. The van der Waals surface area contributed by atoms with Gasteiger partial charge in [0.15, 0.2) is 0 Å². The van der Waals surface area contributed by atoms with E-state index in [4.69, 9.17) is 10.2 Å². The van der Waals surface area contributed by atoms with Gasteiger partial charge in [0.25, 0.3) is 0 Å². The number of rotatable bonds is 20. The van der Waals surface area contributed by atoms with E-state index in [0.29, 0.717) is 6.42 Å². The van der Waals surface area contributed by atoms with Crippen LogP contribution >= 0.6 is 12.6 Å². The molecule has 28 heavy (non-hydrogen) atoms. The number of carbonyl (C=O) groups is 1. The molecule has 0 aromatic carbocycles. The van der Waals surface area contributed by atoms with Crippen LogP contribution in [0.25, 0.3) is 0 Å². The molecule has 2 N–H and O–H groups in total. The molecule has 0 heterocycles. The number of carboxylic acids is 1. The Bertz CT molecular complexity index is 292. The quantitative estimate of drug-likeness (QED) is 0.140. The highest BCUT2D eigenvalue weighted by molar-refractivity contribution is 7.80. The first-order chi connectivity index (χ1) is 13.6. The first-order valence-electron chi connectivity index (χ1n) is 12.1. The molecule has 0 fully saturated rings. The van der Waals surface area contributed by atoms with Gasteiger partial charge in [0.1, 0.15) is 0 Å². The van der Waals surface area contributed by atoms with Gasteiger partial charge in [-0.3, -0.25) is 4.79 Å². The fraction of sp³-hybridized carbons (Fsp3) is 0.958. The second kappa shape index (κ2) is 26.8. The number of aliphatic carboxylic acids is 1. The Balaban J connectivity index is 0. The van der Waals surface area contributed by atoms with Gasteiger partial charge in [-0.2, -0.15) is 12.6 Å². The van der Waals surface area contributed by atoms with Crippen molar-refractivity contribution in [1.29, 1.82) is 0 Å². The van der Waals surface area contributed by atoms with Gasteiger partial charge in [-0.05, 0) is 25.0 Å². The summed E-state index contributed by atoms with van der Waals surface area (Å²) >= 11 is 3.99. The molecule has 0 amide bonds. The molecule has 3 nitrogen and oxygen atoms in total. The molecular weight excluding hydrogens is 368 g/mol. The number of aliphatic hydroxyl groups is 1. The maximum absolute atomic E-state index is 10.3. The maximum Gasteiger partial charge on any atom is 0.303 e. The van der Waals surface area contributed by atoms with E-state index in [1.807, 2.05) is 0 Å². The minimum atomic E-state index is -0.653. The molecule has 4 heteroatoms. The summed E-state index contributed by atoms with van der Waals surface area (Å²) in [5.74, 6) is 0.140. The summed E-state index contributed by atoms with van der Waals surface area (Å²) < 4.78 is 0. The van der Waals surface area contributed by atoms with Crippen LogP contribution in [0.5, 0.6) is 0 Å². The summed E-state index contributed by atoms with van der Waals surface area (Å²) in [6.07, 6.45) is 22.9. The van der Waals surface area contributed by atoms with Crippen molar-refractivity contribution in [2.24, 2.45) is 0 Å². The largest absolute Gasteiger partial charge is 0.481 e. The SMILES string of the molecule is CCCC(O)CCS.CCCCCCCCCCCCCCCCCC(=O)O. The van der Waals surface area contributed by atoms with Crippen LogP contribution in [0.15, 0.2) is 0 Å². The van der Waals surface area contributed by atoms with Crippen molar-refractivity contribution in [3.05, 3.63) is 0 Å². The highest BCUT2D eigenvalue weighted by Gasteiger charge is 1.98. The number of hydrogen-bond donors (Lipinski definition) is 3. The van der Waals surface area contributed by atoms with Crippen LogP contribution in [0.3, 0.4) is 0 Å². The Labute approximate surface area is 181 Å². The third-order valence-electron chi connectivity index (χ3n) is 5.08. The molecule has 0 radical (unpaired) electrons. The van der Waals surface area contributed by atoms with Crippen LogP contribution in [0.1, 0.15) is 136 Å². The number of aliphatic hydroxyl groups excluding tert-OH is 1. The molecule has 0 aliphatic carbocycles. The molecule has 0 rings (SSSR count). The van der Waals surface area contributed by atoms with E-state index in [0.717, 1.165) is 37.9 Å². The standard InChI is InChI=1S/C18H36O2.C6H14OS/c1-2-3-4-5-6-7-8-9-10-11-12-13-14-15-16-17-18(19)20;1-2-3-6(7)4-5-8/h2-17H2,1H3,(H,19,20);6-8H,2-5H2,1H3. The molecule has 0 aromatic rings. The van der Waals surface area contributed by atoms with Gasteiger partial charge in [0.05, 0.1) is 6.10 Å². The Hall–Kier alpha value is -0.220. The second-order valence-electron chi connectivity index (χ2n) is 8.05. The molecule has 0 bridgehead atoms. The first-order valence-corrected chi connectivity index (χ1v) is 12.7. The minimum absolute atomic E-state index is 0.113. The van der Waals surface area contributed by atoms with Gasteiger partial charge >= 0.3 is 5.97 Å². The molecule has 170 valence electrons. The predicted molar refractivity (Wildman–Crippen MR) is 127 cm³/mol. The van der Waals surface area contributed by atoms with Crippen LogP contribution in [0.4, 0.5) is 0 Å². The first kappa shape index (κ1) is 30.0. The lowest BCUT2D eigenvalue weighted by Gasteiger charge is -2.04. The zero-order valence-corrected chi connectivity index (χ0v) is 19.9. The van der Waals surface area contributed by atoms with Crippen molar-refractivity contribution >= 4 is 18.6 Å². The highest BCUT2D eigenvalue weighted by Crippen LogP contribution is 2.13. The summed E-state index contributed by atoms with van der Waals surface area (Å²) in [7, 11) is 0. The van der Waals surface area contributed by atoms with Gasteiger partial charge in [-0.15, -0.1) is 0 Å². The summed E-state index contributed by atoms with van der Waals surface area (Å²) in [6, 6.07) is 0. The smallest absolute Gasteiger partial charge is 0.303 e. The number of carboxylic acid groups (broad SMARTS) is 1. The minimum Gasteiger partial charge on any atom is -0.481 e. The van der Waals surface area contributed by atoms with Gasteiger partial charge in [0, 0.05) is 6.42 Å². The topological polar surface area (TPSA) is 57.5 Å². The van der Waals surface area contributed by atoms with E-state index in [-0.39, 0.29) is 6.10 Å². The molecule has 0 aromatic heterocycles. The van der Waals surface area contributed by atoms with Gasteiger partial charge < -0.3 is 10.2 Å². The van der Waals surface area contributed by atoms with E-state index in [9.17, 15) is 4.79 Å². The van der Waals surface area contributed by atoms with Crippen molar-refractivity contribution < 1.29 is 15.0 Å². The molecule has 1 atom stereocenters. The van der Waals surface area contributed by atoms with Crippen LogP contribution in [-0.2, 0) is 4.79 Å². The second-order valence-corrected chi connectivity index (χ2v) is 8.50. The Morgan fingerprint density at radius 2 is 1.07 bits per heavy atom. The number of hydrogen-bond acceptors (Lipinski definition) is 3. The molecule has 0 aliphatic heterocycles. The lowest BCUT2D eigenvalue weighted by atomic mass is 10.0. The molecule has 0 spiro atoms. The highest BCUT2D eigenvalue weighted by atomic mass is 32.1. The summed E-state index contributed by atoms with van der Waals surface area (Å²) in [6.45, 7) is 4.34. The Kier molecular flexibility index (Phi) is 28.7. The van der Waals surface area contributed by atoms with Gasteiger partial charge in [0.2, 0.25) is 0 Å². The predicted octanol–water partition coefficient (Wildman–Crippen LogP) is 7.80. The van der Waals surface area contributed by atoms with E-state index < -0.39 is 5.97 Å². The lowest BCUT2D eigenvalue weighted by Crippen LogP contribution is -2.05. The van der Waals surface area contributed by atoms with Gasteiger partial charge in [-0.25, -0.2) is 0 Å². The molecule has 0 saturated carbocycles. The van der Waals surface area contributed by atoms with Gasteiger partial charge in [-0.1, -0.05) is 110 Å². The normalized spacial score (nSPS) is 11.7. The molecule has 0 saturated heterocycles. The van der Waals surface area contributed by atoms with Crippen molar-refractivity contribution in [1.82, 2.24) is 0 Å². The van der Waals surface area contributed by atoms with Crippen molar-refractivity contribution in [2.75, 3.05) is 5.75 Å². The van der Waals surface area contributed by atoms with Crippen LogP contribution in [-0.4, -0.2) is 28.0 Å². The van der Waals surface area contributed by atoms with E-state index in [1.165, 1.54) is 83.5 Å². The van der Waals surface area contributed by atoms with E-state index in [1.54, 1.807) is 0 Å². The molecular formula is C24H50O3S.